The minimum atomic E-state index is 0.267. The highest BCUT2D eigenvalue weighted by Gasteiger charge is 2.07. The molecule has 0 aliphatic heterocycles. The highest BCUT2D eigenvalue weighted by Crippen LogP contribution is 2.16. The number of hydrogen-bond acceptors (Lipinski definition) is 3. The fourth-order valence-electron chi connectivity index (χ4n) is 1.39. The van der Waals surface area contributed by atoms with Gasteiger partial charge in [-0.05, 0) is 18.9 Å². The first-order valence-corrected chi connectivity index (χ1v) is 6.17. The van der Waals surface area contributed by atoms with Crippen molar-refractivity contribution < 1.29 is 9.47 Å². The molecule has 1 atom stereocenters. The summed E-state index contributed by atoms with van der Waals surface area (Å²) in [6.45, 7) is 8.05. The van der Waals surface area contributed by atoms with Crippen LogP contribution in [-0.4, -0.2) is 19.3 Å². The van der Waals surface area contributed by atoms with Gasteiger partial charge in [0.15, 0.2) is 0 Å². The topological polar surface area (TPSA) is 44.5 Å². The first-order chi connectivity index (χ1) is 8.15. The maximum Gasteiger partial charge on any atom is 0.123 e. The van der Waals surface area contributed by atoms with E-state index in [2.05, 4.69) is 20.8 Å². The predicted octanol–water partition coefficient (Wildman–Crippen LogP) is 2.59. The van der Waals surface area contributed by atoms with Crippen molar-refractivity contribution in [3.05, 3.63) is 29.8 Å². The van der Waals surface area contributed by atoms with Gasteiger partial charge in [0.1, 0.15) is 12.4 Å². The Hall–Kier alpha value is -1.06. The van der Waals surface area contributed by atoms with Crippen LogP contribution in [0.2, 0.25) is 0 Å². The van der Waals surface area contributed by atoms with E-state index in [9.17, 15) is 0 Å². The van der Waals surface area contributed by atoms with Crippen molar-refractivity contribution in [3.63, 3.8) is 0 Å². The second-order valence-corrected chi connectivity index (χ2v) is 4.48. The molecule has 0 amide bonds. The lowest BCUT2D eigenvalue weighted by molar-refractivity contribution is 0.0187. The lowest BCUT2D eigenvalue weighted by Gasteiger charge is -2.17. The molecule has 0 saturated heterocycles. The van der Waals surface area contributed by atoms with Crippen LogP contribution in [0.25, 0.3) is 0 Å². The summed E-state index contributed by atoms with van der Waals surface area (Å²) in [6, 6.07) is 7.83. The molecule has 1 rings (SSSR count). The zero-order valence-electron chi connectivity index (χ0n) is 11.0. The number of para-hydroxylation sites is 1. The Balaban J connectivity index is 2.31. The molecule has 0 radical (unpaired) electrons. The summed E-state index contributed by atoms with van der Waals surface area (Å²) in [6.07, 6.45) is 0.267. The lowest BCUT2D eigenvalue weighted by atomic mass is 10.1. The summed E-state index contributed by atoms with van der Waals surface area (Å²) in [5.74, 6) is 1.39. The van der Waals surface area contributed by atoms with Crippen LogP contribution in [0.3, 0.4) is 0 Å². The molecule has 96 valence electrons. The van der Waals surface area contributed by atoms with Crippen molar-refractivity contribution in [2.24, 2.45) is 11.7 Å². The maximum absolute atomic E-state index is 5.65. The van der Waals surface area contributed by atoms with Crippen LogP contribution in [0.5, 0.6) is 5.75 Å². The van der Waals surface area contributed by atoms with Gasteiger partial charge in [0, 0.05) is 12.1 Å². The van der Waals surface area contributed by atoms with E-state index < -0.39 is 0 Å². The molecule has 1 unspecified atom stereocenters. The van der Waals surface area contributed by atoms with Gasteiger partial charge in [-0.25, -0.2) is 0 Å². The molecule has 0 saturated carbocycles. The van der Waals surface area contributed by atoms with Crippen molar-refractivity contribution in [2.75, 3.05) is 13.2 Å². The van der Waals surface area contributed by atoms with Gasteiger partial charge < -0.3 is 15.2 Å². The standard InChI is InChI=1S/C14H23NO2/c1-11(2)12(3)16-8-9-17-14-7-5-4-6-13(14)10-15/h4-7,11-12H,8-10,15H2,1-3H3. The van der Waals surface area contributed by atoms with Gasteiger partial charge in [0.25, 0.3) is 0 Å². The minimum absolute atomic E-state index is 0.267. The van der Waals surface area contributed by atoms with Crippen LogP contribution < -0.4 is 10.5 Å². The Morgan fingerprint density at radius 2 is 1.82 bits per heavy atom. The zero-order valence-corrected chi connectivity index (χ0v) is 11.0. The van der Waals surface area contributed by atoms with Crippen molar-refractivity contribution >= 4 is 0 Å². The Kier molecular flexibility index (Phi) is 6.01. The van der Waals surface area contributed by atoms with E-state index in [4.69, 9.17) is 15.2 Å². The predicted molar refractivity (Wildman–Crippen MR) is 70.1 cm³/mol. The van der Waals surface area contributed by atoms with E-state index in [1.807, 2.05) is 24.3 Å². The lowest BCUT2D eigenvalue weighted by Crippen LogP contribution is -2.19. The van der Waals surface area contributed by atoms with Gasteiger partial charge in [0.2, 0.25) is 0 Å². The van der Waals surface area contributed by atoms with Gasteiger partial charge in [-0.2, -0.15) is 0 Å². The van der Waals surface area contributed by atoms with Crippen molar-refractivity contribution in [3.8, 4) is 5.75 Å². The minimum Gasteiger partial charge on any atom is -0.491 e. The number of rotatable bonds is 7. The van der Waals surface area contributed by atoms with Gasteiger partial charge >= 0.3 is 0 Å². The highest BCUT2D eigenvalue weighted by molar-refractivity contribution is 5.32. The molecule has 0 heterocycles. The molecule has 0 fully saturated rings. The molecule has 1 aromatic rings. The van der Waals surface area contributed by atoms with Crippen LogP contribution in [-0.2, 0) is 11.3 Å². The molecule has 0 aliphatic carbocycles. The average Bonchev–Trinajstić information content (AvgIpc) is 2.34. The molecular formula is C14H23NO2. The first-order valence-electron chi connectivity index (χ1n) is 6.17. The first kappa shape index (κ1) is 14.0. The molecule has 17 heavy (non-hydrogen) atoms. The summed E-state index contributed by atoms with van der Waals surface area (Å²) in [5.41, 5.74) is 6.66. The molecular weight excluding hydrogens is 214 g/mol. The third-order valence-electron chi connectivity index (χ3n) is 2.85. The molecule has 3 heteroatoms. The Morgan fingerprint density at radius 1 is 1.12 bits per heavy atom. The summed E-state index contributed by atoms with van der Waals surface area (Å²) in [4.78, 5) is 0. The largest absolute Gasteiger partial charge is 0.491 e. The van der Waals surface area contributed by atoms with Crippen LogP contribution >= 0.6 is 0 Å². The van der Waals surface area contributed by atoms with Gasteiger partial charge in [-0.1, -0.05) is 32.0 Å². The SMILES string of the molecule is CC(C)C(C)OCCOc1ccccc1CN. The fourth-order valence-corrected chi connectivity index (χ4v) is 1.39. The quantitative estimate of drug-likeness (QED) is 0.741. The summed E-state index contributed by atoms with van der Waals surface area (Å²) < 4.78 is 11.3. The summed E-state index contributed by atoms with van der Waals surface area (Å²) in [5, 5.41) is 0. The van der Waals surface area contributed by atoms with Crippen molar-refractivity contribution in [1.82, 2.24) is 0 Å². The number of nitrogens with two attached hydrogens (primary N) is 1. The van der Waals surface area contributed by atoms with E-state index in [0.717, 1.165) is 11.3 Å². The number of ether oxygens (including phenoxy) is 2. The number of benzene rings is 1. The van der Waals surface area contributed by atoms with Crippen LogP contribution in [0.15, 0.2) is 24.3 Å². The van der Waals surface area contributed by atoms with E-state index >= 15 is 0 Å². The van der Waals surface area contributed by atoms with Crippen molar-refractivity contribution in [1.29, 1.82) is 0 Å². The van der Waals surface area contributed by atoms with E-state index in [-0.39, 0.29) is 6.10 Å². The number of hydrogen-bond donors (Lipinski definition) is 1. The zero-order chi connectivity index (χ0) is 12.7. The normalized spacial score (nSPS) is 12.8. The molecule has 0 bridgehead atoms. The third-order valence-corrected chi connectivity index (χ3v) is 2.85. The monoisotopic (exact) mass is 237 g/mol. The van der Waals surface area contributed by atoms with E-state index in [1.54, 1.807) is 0 Å². The van der Waals surface area contributed by atoms with Gasteiger partial charge in [-0.15, -0.1) is 0 Å². The van der Waals surface area contributed by atoms with Gasteiger partial charge in [0.05, 0.1) is 12.7 Å². The van der Waals surface area contributed by atoms with Crippen LogP contribution in [0.1, 0.15) is 26.3 Å². The Labute approximate surface area is 104 Å². The van der Waals surface area contributed by atoms with Crippen LogP contribution in [0, 0.1) is 5.92 Å². The molecule has 1 aromatic carbocycles. The average molecular weight is 237 g/mol. The molecule has 0 aromatic heterocycles. The highest BCUT2D eigenvalue weighted by atomic mass is 16.5. The third kappa shape index (κ3) is 4.75. The van der Waals surface area contributed by atoms with Crippen molar-refractivity contribution in [2.45, 2.75) is 33.4 Å². The van der Waals surface area contributed by atoms with E-state index in [0.29, 0.717) is 25.7 Å². The van der Waals surface area contributed by atoms with E-state index in [1.165, 1.54) is 0 Å². The smallest absolute Gasteiger partial charge is 0.123 e. The van der Waals surface area contributed by atoms with Gasteiger partial charge in [-0.3, -0.25) is 0 Å². The summed E-state index contributed by atoms with van der Waals surface area (Å²) in [7, 11) is 0. The van der Waals surface area contributed by atoms with Crippen LogP contribution in [0.4, 0.5) is 0 Å². The Bertz CT molecular complexity index is 326. The maximum atomic E-state index is 5.65. The summed E-state index contributed by atoms with van der Waals surface area (Å²) >= 11 is 0. The Morgan fingerprint density at radius 3 is 2.47 bits per heavy atom. The molecule has 0 aliphatic rings. The second kappa shape index (κ2) is 7.30. The molecule has 3 nitrogen and oxygen atoms in total. The second-order valence-electron chi connectivity index (χ2n) is 4.48. The molecule has 0 spiro atoms. The molecule has 2 N–H and O–H groups in total. The fraction of sp³-hybridized carbons (Fsp3) is 0.571.